The molecule has 9 heteroatoms. The number of rotatable bonds is 6. The van der Waals surface area contributed by atoms with Gasteiger partial charge in [0.2, 0.25) is 5.91 Å². The predicted octanol–water partition coefficient (Wildman–Crippen LogP) is 2.81. The maximum absolute atomic E-state index is 14.2. The van der Waals surface area contributed by atoms with E-state index < -0.39 is 29.6 Å². The molecule has 3 rings (SSSR count). The fourth-order valence-corrected chi connectivity index (χ4v) is 3.73. The molecule has 0 saturated heterocycles. The molecule has 1 aromatic heterocycles. The van der Waals surface area contributed by atoms with Crippen LogP contribution in [0.2, 0.25) is 0 Å². The maximum atomic E-state index is 14.2. The van der Waals surface area contributed by atoms with E-state index in [0.717, 1.165) is 24.5 Å². The predicted molar refractivity (Wildman–Crippen MR) is 124 cm³/mol. The molecule has 1 aromatic carbocycles. The van der Waals surface area contributed by atoms with Gasteiger partial charge in [0.15, 0.2) is 0 Å². The van der Waals surface area contributed by atoms with Gasteiger partial charge < -0.3 is 24.9 Å². The summed E-state index contributed by atoms with van der Waals surface area (Å²) in [6, 6.07) is 6.72. The van der Waals surface area contributed by atoms with Gasteiger partial charge in [0.1, 0.15) is 17.7 Å². The molecule has 0 saturated carbocycles. The Labute approximate surface area is 199 Å². The molecule has 1 aliphatic heterocycles. The molecule has 0 aliphatic carbocycles. The third-order valence-electron chi connectivity index (χ3n) is 5.22. The molecule has 184 valence electrons. The molecule has 2 atom stereocenters. The molecule has 2 unspecified atom stereocenters. The summed E-state index contributed by atoms with van der Waals surface area (Å²) in [6.07, 6.45) is 3.81. The fraction of sp³-hybridized carbons (Fsp3) is 0.440. The lowest BCUT2D eigenvalue weighted by molar-refractivity contribution is -0.138. The average molecular weight is 474 g/mol. The minimum atomic E-state index is -0.718. The van der Waals surface area contributed by atoms with Crippen molar-refractivity contribution in [1.82, 2.24) is 15.2 Å². The number of carbonyl (C=O) groups excluding carboxylic acids is 3. The zero-order valence-electron chi connectivity index (χ0n) is 20.0. The number of aliphatic hydroxyl groups is 1. The van der Waals surface area contributed by atoms with Crippen molar-refractivity contribution in [2.45, 2.75) is 64.3 Å². The number of pyridine rings is 1. The Bertz CT molecular complexity index is 993. The zero-order valence-corrected chi connectivity index (χ0v) is 20.0. The van der Waals surface area contributed by atoms with Crippen LogP contribution in [0.5, 0.6) is 0 Å². The summed E-state index contributed by atoms with van der Waals surface area (Å²) in [4.78, 5) is 42.8. The quantitative estimate of drug-likeness (QED) is 0.625. The molecule has 1 aliphatic rings. The van der Waals surface area contributed by atoms with E-state index in [1.807, 2.05) is 6.07 Å². The van der Waals surface area contributed by atoms with Gasteiger partial charge in [-0.15, -0.1) is 0 Å². The molecular formula is C25H32FN3O5. The Morgan fingerprint density at radius 2 is 1.97 bits per heavy atom. The summed E-state index contributed by atoms with van der Waals surface area (Å²) < 4.78 is 19.6. The number of ether oxygens (including phenoxy) is 1. The summed E-state index contributed by atoms with van der Waals surface area (Å²) >= 11 is 0. The van der Waals surface area contributed by atoms with E-state index in [1.54, 1.807) is 51.4 Å². The first kappa shape index (κ1) is 26.9. The van der Waals surface area contributed by atoms with Crippen LogP contribution in [-0.4, -0.2) is 58.1 Å². The lowest BCUT2D eigenvalue weighted by atomic mass is 9.95. The van der Waals surface area contributed by atoms with E-state index in [4.69, 9.17) is 9.84 Å². The molecule has 0 fully saturated rings. The van der Waals surface area contributed by atoms with Gasteiger partial charge in [-0.25, -0.2) is 9.18 Å². The van der Waals surface area contributed by atoms with E-state index in [0.29, 0.717) is 12.0 Å². The fourth-order valence-electron chi connectivity index (χ4n) is 3.73. The van der Waals surface area contributed by atoms with Crippen molar-refractivity contribution in [2.75, 3.05) is 7.11 Å². The second-order valence-corrected chi connectivity index (χ2v) is 8.92. The summed E-state index contributed by atoms with van der Waals surface area (Å²) in [5.41, 5.74) is 1.52. The van der Waals surface area contributed by atoms with Gasteiger partial charge in [-0.1, -0.05) is 18.2 Å². The molecule has 34 heavy (non-hydrogen) atoms. The van der Waals surface area contributed by atoms with Gasteiger partial charge in [0.25, 0.3) is 0 Å². The third kappa shape index (κ3) is 7.62. The first-order chi connectivity index (χ1) is 16.2. The lowest BCUT2D eigenvalue weighted by Crippen LogP contribution is -2.48. The first-order valence-electron chi connectivity index (χ1n) is 11.0. The maximum Gasteiger partial charge on any atom is 0.407 e. The van der Waals surface area contributed by atoms with Crippen molar-refractivity contribution in [3.8, 4) is 0 Å². The molecule has 2 N–H and O–H groups in total. The number of aliphatic hydroxyl groups excluding tert-OH is 1. The highest BCUT2D eigenvalue weighted by atomic mass is 19.1. The molecular weight excluding hydrogens is 441 g/mol. The SMILES string of the molecule is CC(C)(C)OC(=O)NC(CC(=O)N1Cc2ccncc2CC1C=O)Cc1ccccc1F.CO. The number of halogens is 1. The number of fused-ring (bicyclic) bond motifs is 1. The van der Waals surface area contributed by atoms with Gasteiger partial charge in [-0.2, -0.15) is 0 Å². The smallest absolute Gasteiger partial charge is 0.407 e. The van der Waals surface area contributed by atoms with E-state index in [9.17, 15) is 18.8 Å². The monoisotopic (exact) mass is 473 g/mol. The van der Waals surface area contributed by atoms with Gasteiger partial charge in [0, 0.05) is 44.9 Å². The summed E-state index contributed by atoms with van der Waals surface area (Å²) in [5.74, 6) is -0.719. The largest absolute Gasteiger partial charge is 0.444 e. The number of aldehydes is 1. The van der Waals surface area contributed by atoms with Crippen molar-refractivity contribution in [1.29, 1.82) is 0 Å². The highest BCUT2D eigenvalue weighted by molar-refractivity contribution is 5.82. The van der Waals surface area contributed by atoms with Crippen LogP contribution in [0, 0.1) is 5.82 Å². The van der Waals surface area contributed by atoms with Crippen molar-refractivity contribution in [2.24, 2.45) is 0 Å². The number of hydrogen-bond donors (Lipinski definition) is 2. The number of nitrogens with zero attached hydrogens (tertiary/aromatic N) is 2. The number of alkyl carbamates (subject to hydrolysis) is 1. The molecule has 2 heterocycles. The summed E-state index contributed by atoms with van der Waals surface area (Å²) in [5, 5.41) is 9.70. The molecule has 8 nitrogen and oxygen atoms in total. The molecule has 2 aromatic rings. The van der Waals surface area contributed by atoms with Gasteiger partial charge in [-0.3, -0.25) is 9.78 Å². The van der Waals surface area contributed by atoms with Gasteiger partial charge in [-0.05, 0) is 56.0 Å². The van der Waals surface area contributed by atoms with Gasteiger partial charge >= 0.3 is 6.09 Å². The number of aromatic nitrogens is 1. The number of benzene rings is 1. The summed E-state index contributed by atoms with van der Waals surface area (Å²) in [7, 11) is 1.00. The van der Waals surface area contributed by atoms with Crippen molar-refractivity contribution >= 4 is 18.3 Å². The minimum absolute atomic E-state index is 0.0989. The number of carbonyl (C=O) groups is 3. The van der Waals surface area contributed by atoms with Crippen molar-refractivity contribution in [3.63, 3.8) is 0 Å². The second kappa shape index (κ2) is 12.2. The zero-order chi connectivity index (χ0) is 25.3. The molecule has 0 radical (unpaired) electrons. The molecule has 0 bridgehead atoms. The van der Waals surface area contributed by atoms with Crippen LogP contribution < -0.4 is 5.32 Å². The summed E-state index contributed by atoms with van der Waals surface area (Å²) in [6.45, 7) is 5.48. The highest BCUT2D eigenvalue weighted by Crippen LogP contribution is 2.23. The highest BCUT2D eigenvalue weighted by Gasteiger charge is 2.32. The number of hydrogen-bond acceptors (Lipinski definition) is 6. The van der Waals surface area contributed by atoms with Crippen LogP contribution in [0.3, 0.4) is 0 Å². The molecule has 2 amide bonds. The number of nitrogens with one attached hydrogen (secondary N) is 1. The van der Waals surface area contributed by atoms with Crippen molar-refractivity contribution < 1.29 is 28.6 Å². The Kier molecular flexibility index (Phi) is 9.68. The third-order valence-corrected chi connectivity index (χ3v) is 5.22. The van der Waals surface area contributed by atoms with E-state index >= 15 is 0 Å². The van der Waals surface area contributed by atoms with E-state index in [-0.39, 0.29) is 25.3 Å². The van der Waals surface area contributed by atoms with E-state index in [2.05, 4.69) is 10.3 Å². The Morgan fingerprint density at radius 1 is 1.26 bits per heavy atom. The van der Waals surface area contributed by atoms with Crippen LogP contribution in [0.1, 0.15) is 43.9 Å². The van der Waals surface area contributed by atoms with Crippen molar-refractivity contribution in [3.05, 3.63) is 65.2 Å². The average Bonchev–Trinajstić information content (AvgIpc) is 2.79. The topological polar surface area (TPSA) is 109 Å². The second-order valence-electron chi connectivity index (χ2n) is 8.92. The lowest BCUT2D eigenvalue weighted by Gasteiger charge is -2.34. The van der Waals surface area contributed by atoms with Crippen LogP contribution in [0.25, 0.3) is 0 Å². The van der Waals surface area contributed by atoms with Gasteiger partial charge in [0.05, 0.1) is 6.04 Å². The Hall–Kier alpha value is -3.33. The number of amides is 2. The normalized spacial score (nSPS) is 15.8. The standard InChI is InChI=1S/C24H28FN3O4.CH4O/c1-24(2,3)32-23(31)27-19(10-16-6-4-5-7-21(16)25)12-22(30)28-14-17-8-9-26-13-18(17)11-20(28)15-29;1-2/h4-9,13,15,19-20H,10-12,14H2,1-3H3,(H,27,31);2H,1H3. The molecule has 0 spiro atoms. The van der Waals surface area contributed by atoms with Crippen LogP contribution in [0.15, 0.2) is 42.7 Å². The Morgan fingerprint density at radius 3 is 2.62 bits per heavy atom. The van der Waals surface area contributed by atoms with Crippen LogP contribution in [-0.2, 0) is 33.7 Å². The minimum Gasteiger partial charge on any atom is -0.444 e. The Balaban J connectivity index is 0.00000199. The van der Waals surface area contributed by atoms with Crippen LogP contribution >= 0.6 is 0 Å². The van der Waals surface area contributed by atoms with E-state index in [1.165, 1.54) is 11.0 Å². The van der Waals surface area contributed by atoms with Crippen LogP contribution in [0.4, 0.5) is 9.18 Å². The first-order valence-corrected chi connectivity index (χ1v) is 11.0.